The second-order valence-corrected chi connectivity index (χ2v) is 9.75. The van der Waals surface area contributed by atoms with Crippen LogP contribution in [0.3, 0.4) is 0 Å². The average Bonchev–Trinajstić information content (AvgIpc) is 3.30. The molecular weight excluding hydrogens is 873 g/mol. The Morgan fingerprint density at radius 1 is 1.00 bits per heavy atom. The number of aromatic amines is 1. The van der Waals surface area contributed by atoms with Crippen molar-refractivity contribution in [3.8, 4) is 17.0 Å². The fourth-order valence-corrected chi connectivity index (χ4v) is 4.46. The molecule has 0 aliphatic rings. The van der Waals surface area contributed by atoms with E-state index in [4.69, 9.17) is 4.99 Å². The Kier molecular flexibility index (Phi) is 11.3. The molecule has 5 aromatic rings. The molecule has 42 heavy (non-hydrogen) atoms. The minimum absolute atomic E-state index is 0. The molecule has 2 aromatic heterocycles. The normalized spacial score (nSPS) is 11.1. The average molecular weight is 904 g/mol. The van der Waals surface area contributed by atoms with Crippen molar-refractivity contribution < 1.29 is 50.7 Å². The quantitative estimate of drug-likeness (QED) is 0.122. The van der Waals surface area contributed by atoms with E-state index < -0.39 is 0 Å². The summed E-state index contributed by atoms with van der Waals surface area (Å²) in [6, 6.07) is 23.3. The molecule has 0 saturated carbocycles. The molecule has 0 atom stereocenters. The summed E-state index contributed by atoms with van der Waals surface area (Å²) in [4.78, 5) is 30.5. The van der Waals surface area contributed by atoms with Crippen LogP contribution in [0, 0.1) is 6.92 Å². The molecule has 2 radical (unpaired) electrons. The van der Waals surface area contributed by atoms with Crippen LogP contribution in [0.25, 0.3) is 22.0 Å². The van der Waals surface area contributed by atoms with E-state index in [0.717, 1.165) is 33.3 Å². The van der Waals surface area contributed by atoms with E-state index in [1.165, 1.54) is 0 Å². The molecule has 0 unspecified atom stereocenters. The first-order valence-electron chi connectivity index (χ1n) is 13.1. The second-order valence-electron chi connectivity index (χ2n) is 9.75. The zero-order valence-electron chi connectivity index (χ0n) is 23.5. The molecule has 0 bridgehead atoms. The molecule has 8 nitrogen and oxygen atoms in total. The Bertz CT molecular complexity index is 1670. The standard InChI is InChI=1S/C32H31N6O2.2Re/c1-5-28(39)38(4)25-14-12-24(13-15-25)36-30(21-9-7-6-8-10-21)29-26-16-11-22(17-27(26)37-31(29)40)23-18-33-32(34-19-23)35-20(2)3;;/h6-20,37,40H,1,5H2,2-4H3,(H,33,34,35);;/q-1;;. The minimum atomic E-state index is -0.0703. The molecule has 1 amide bonds. The van der Waals surface area contributed by atoms with Crippen LogP contribution in [0.2, 0.25) is 0 Å². The predicted octanol–water partition coefficient (Wildman–Crippen LogP) is 6.50. The van der Waals surface area contributed by atoms with Gasteiger partial charge < -0.3 is 27.2 Å². The Hall–Kier alpha value is -3.66. The number of nitrogens with zero attached hydrogens (tertiary/aromatic N) is 4. The van der Waals surface area contributed by atoms with Crippen LogP contribution in [0.1, 0.15) is 31.4 Å². The Morgan fingerprint density at radius 2 is 1.67 bits per heavy atom. The summed E-state index contributed by atoms with van der Waals surface area (Å²) >= 11 is 0. The van der Waals surface area contributed by atoms with Crippen LogP contribution >= 0.6 is 0 Å². The van der Waals surface area contributed by atoms with Crippen molar-refractivity contribution in [3.63, 3.8) is 0 Å². The molecule has 0 aliphatic heterocycles. The van der Waals surface area contributed by atoms with E-state index in [-0.39, 0.29) is 65.1 Å². The van der Waals surface area contributed by atoms with E-state index in [1.807, 2.05) is 86.6 Å². The van der Waals surface area contributed by atoms with E-state index in [1.54, 1.807) is 24.3 Å². The van der Waals surface area contributed by atoms with Crippen molar-refractivity contribution in [2.24, 2.45) is 4.99 Å². The van der Waals surface area contributed by atoms with Crippen LogP contribution in [0.5, 0.6) is 5.88 Å². The van der Waals surface area contributed by atoms with E-state index in [0.29, 0.717) is 22.9 Å². The number of rotatable bonds is 8. The fourth-order valence-electron chi connectivity index (χ4n) is 4.46. The third-order valence-electron chi connectivity index (χ3n) is 6.53. The smallest absolute Gasteiger partial charge is 0.222 e. The number of fused-ring (bicyclic) bond motifs is 1. The number of carbonyl (C=O) groups excluding carboxylic acids is 1. The summed E-state index contributed by atoms with van der Waals surface area (Å²) in [7, 11) is 1.72. The molecule has 10 heteroatoms. The molecule has 0 aliphatic carbocycles. The van der Waals surface area contributed by atoms with Crippen molar-refractivity contribution in [2.45, 2.75) is 26.3 Å². The van der Waals surface area contributed by atoms with Gasteiger partial charge in [-0.05, 0) is 49.7 Å². The minimum Gasteiger partial charge on any atom is -0.494 e. The summed E-state index contributed by atoms with van der Waals surface area (Å²) in [5.74, 6) is 0.538. The maximum atomic E-state index is 12.0. The molecule has 216 valence electrons. The van der Waals surface area contributed by atoms with Crippen LogP contribution in [0.4, 0.5) is 17.3 Å². The molecule has 0 saturated heterocycles. The Balaban J connectivity index is 0.00000242. The molecule has 0 spiro atoms. The molecule has 5 rings (SSSR count). The number of hydrogen-bond acceptors (Lipinski definition) is 6. The SMILES string of the molecule is [CH2-]CC(=O)N(C)c1ccc(N=C(c2ccccc2)c2c(O)[nH]c3cc(-c4cnc(NC(C)C)nc4)ccc23)cc1.[Re].[Re]. The van der Waals surface area contributed by atoms with Crippen molar-refractivity contribution in [1.29, 1.82) is 0 Å². The van der Waals surface area contributed by atoms with Crippen LogP contribution in [-0.4, -0.2) is 44.8 Å². The number of aliphatic imine (C=N–C) groups is 1. The van der Waals surface area contributed by atoms with Gasteiger partial charge in [-0.1, -0.05) is 42.5 Å². The number of aromatic nitrogens is 3. The molecule has 3 aromatic carbocycles. The van der Waals surface area contributed by atoms with Gasteiger partial charge in [0, 0.05) is 94.0 Å². The topological polar surface area (TPSA) is 106 Å². The first kappa shape index (κ1) is 32.9. The van der Waals surface area contributed by atoms with Crippen molar-refractivity contribution in [2.75, 3.05) is 17.3 Å². The van der Waals surface area contributed by atoms with Crippen LogP contribution in [0.15, 0.2) is 90.2 Å². The first-order chi connectivity index (χ1) is 19.3. The largest absolute Gasteiger partial charge is 0.494 e. The number of hydrogen-bond donors (Lipinski definition) is 3. The van der Waals surface area contributed by atoms with Crippen LogP contribution < -0.4 is 10.2 Å². The van der Waals surface area contributed by atoms with Gasteiger partial charge >= 0.3 is 0 Å². The molecular formula is C32H31N6O2Re2-. The summed E-state index contributed by atoms with van der Waals surface area (Å²) in [5.41, 5.74) is 6.09. The number of nitrogens with one attached hydrogen (secondary N) is 2. The summed E-state index contributed by atoms with van der Waals surface area (Å²) < 4.78 is 0. The van der Waals surface area contributed by atoms with E-state index in [9.17, 15) is 9.90 Å². The van der Waals surface area contributed by atoms with Gasteiger partial charge in [-0.2, -0.15) is 0 Å². The Labute approximate surface area is 273 Å². The zero-order valence-corrected chi connectivity index (χ0v) is 28.9. The van der Waals surface area contributed by atoms with E-state index >= 15 is 0 Å². The molecule has 0 fully saturated rings. The van der Waals surface area contributed by atoms with Gasteiger partial charge in [-0.25, -0.2) is 15.0 Å². The predicted molar refractivity (Wildman–Crippen MR) is 161 cm³/mol. The first-order valence-corrected chi connectivity index (χ1v) is 13.1. The monoisotopic (exact) mass is 905 g/mol. The summed E-state index contributed by atoms with van der Waals surface area (Å²) in [6.45, 7) is 7.74. The van der Waals surface area contributed by atoms with Gasteiger partial charge in [0.25, 0.3) is 0 Å². The van der Waals surface area contributed by atoms with Gasteiger partial charge in [0.1, 0.15) is 0 Å². The summed E-state index contributed by atoms with van der Waals surface area (Å²) in [6.07, 6.45) is 3.75. The van der Waals surface area contributed by atoms with Crippen LogP contribution in [-0.2, 0) is 45.6 Å². The van der Waals surface area contributed by atoms with Crippen molar-refractivity contribution in [3.05, 3.63) is 103 Å². The van der Waals surface area contributed by atoms with E-state index in [2.05, 4.69) is 27.2 Å². The van der Waals surface area contributed by atoms with Gasteiger partial charge in [-0.15, -0.1) is 6.42 Å². The number of benzene rings is 3. The number of amides is 1. The number of anilines is 2. The maximum absolute atomic E-state index is 12.0. The van der Waals surface area contributed by atoms with Gasteiger partial charge in [0.2, 0.25) is 5.95 Å². The van der Waals surface area contributed by atoms with Gasteiger partial charge in [-0.3, -0.25) is 4.79 Å². The summed E-state index contributed by atoms with van der Waals surface area (Å²) in [5, 5.41) is 15.1. The molecule has 2 heterocycles. The van der Waals surface area contributed by atoms with Gasteiger partial charge in [0.05, 0.1) is 17.0 Å². The van der Waals surface area contributed by atoms with Gasteiger partial charge in [0.15, 0.2) is 11.8 Å². The maximum Gasteiger partial charge on any atom is 0.222 e. The number of H-pyrrole nitrogens is 1. The third-order valence-corrected chi connectivity index (χ3v) is 6.53. The number of aromatic hydroxyl groups is 1. The van der Waals surface area contributed by atoms with Crippen molar-refractivity contribution in [1.82, 2.24) is 15.0 Å². The zero-order chi connectivity index (χ0) is 28.2. The van der Waals surface area contributed by atoms with Crippen molar-refractivity contribution >= 4 is 39.8 Å². The second kappa shape index (κ2) is 14.5. The molecule has 3 N–H and O–H groups in total. The Morgan fingerprint density at radius 3 is 2.29 bits per heavy atom. The third kappa shape index (κ3) is 7.21. The fraction of sp³-hybridized carbons (Fsp3) is 0.156. The number of carbonyl (C=O) groups is 1.